The number of rotatable bonds is 4. The van der Waals surface area contributed by atoms with Gasteiger partial charge in [0.1, 0.15) is 0 Å². The third-order valence-electron chi connectivity index (χ3n) is 2.09. The normalized spacial score (nSPS) is 14.2. The van der Waals surface area contributed by atoms with Gasteiger partial charge in [-0.25, -0.2) is 9.18 Å². The fraction of sp³-hybridized carbons (Fsp3) is 0.364. The van der Waals surface area contributed by atoms with Crippen molar-refractivity contribution in [2.24, 2.45) is 5.73 Å². The summed E-state index contributed by atoms with van der Waals surface area (Å²) in [4.78, 5) is 11.2. The molecule has 16 heavy (non-hydrogen) atoms. The van der Waals surface area contributed by atoms with E-state index in [0.717, 1.165) is 0 Å². The summed E-state index contributed by atoms with van der Waals surface area (Å²) in [6.07, 6.45) is -1.85. The number of alkyl halides is 1. The summed E-state index contributed by atoms with van der Waals surface area (Å²) in [6.45, 7) is 1.76. The molecule has 0 aliphatic rings. The molecule has 88 valence electrons. The topological polar surface area (TPSA) is 52.3 Å². The van der Waals surface area contributed by atoms with E-state index >= 15 is 0 Å². The molecule has 0 aliphatic heterocycles. The summed E-state index contributed by atoms with van der Waals surface area (Å²) < 4.78 is 18.9. The lowest BCUT2D eigenvalue weighted by molar-refractivity contribution is -0.149. The van der Waals surface area contributed by atoms with Gasteiger partial charge in [0.15, 0.2) is 0 Å². The van der Waals surface area contributed by atoms with E-state index in [9.17, 15) is 9.18 Å². The summed E-state index contributed by atoms with van der Waals surface area (Å²) >= 11 is 3.25. The second-order valence-electron chi connectivity index (χ2n) is 3.20. The van der Waals surface area contributed by atoms with Gasteiger partial charge in [-0.3, -0.25) is 0 Å². The molecule has 1 aromatic rings. The minimum Gasteiger partial charge on any atom is -0.464 e. The number of carbonyl (C=O) groups is 1. The van der Waals surface area contributed by atoms with Crippen LogP contribution in [-0.2, 0) is 9.53 Å². The van der Waals surface area contributed by atoms with E-state index in [-0.39, 0.29) is 6.61 Å². The molecule has 0 bridgehead atoms. The number of esters is 1. The van der Waals surface area contributed by atoms with E-state index in [1.807, 2.05) is 0 Å². The largest absolute Gasteiger partial charge is 0.464 e. The number of hydrogen-bond acceptors (Lipinski definition) is 3. The van der Waals surface area contributed by atoms with Crippen molar-refractivity contribution in [2.75, 3.05) is 6.61 Å². The molecule has 3 nitrogen and oxygen atoms in total. The van der Waals surface area contributed by atoms with Crippen molar-refractivity contribution in [2.45, 2.75) is 19.1 Å². The number of hydrogen-bond donors (Lipinski definition) is 1. The maximum absolute atomic E-state index is 13.6. The molecule has 0 saturated heterocycles. The average molecular weight is 290 g/mol. The minimum atomic E-state index is -1.85. The van der Waals surface area contributed by atoms with Gasteiger partial charge < -0.3 is 10.5 Å². The Balaban J connectivity index is 2.82. The number of halogens is 2. The maximum Gasteiger partial charge on any atom is 0.342 e. The van der Waals surface area contributed by atoms with Crippen molar-refractivity contribution >= 4 is 21.9 Å². The zero-order chi connectivity index (χ0) is 12.1. The summed E-state index contributed by atoms with van der Waals surface area (Å²) in [7, 11) is 0. The highest BCUT2D eigenvalue weighted by atomic mass is 79.9. The molecule has 1 unspecified atom stereocenters. The van der Waals surface area contributed by atoms with Crippen LogP contribution in [0.2, 0.25) is 0 Å². The maximum atomic E-state index is 13.6. The van der Waals surface area contributed by atoms with E-state index in [0.29, 0.717) is 10.0 Å². The standard InChI is InChI=1S/C11H13BrFNO2/c1-2-16-11(15)9(13)10(14)7-5-3-4-6-8(7)12/h3-6,9-10H,2,14H2,1H3/t9?,10-/m1/s1. The van der Waals surface area contributed by atoms with Crippen LogP contribution in [0.1, 0.15) is 18.5 Å². The Labute approximate surface area is 102 Å². The van der Waals surface area contributed by atoms with Gasteiger partial charge in [0.2, 0.25) is 6.17 Å². The Kier molecular flexibility index (Phi) is 4.89. The van der Waals surface area contributed by atoms with Crippen molar-refractivity contribution < 1.29 is 13.9 Å². The second-order valence-corrected chi connectivity index (χ2v) is 4.06. The Morgan fingerprint density at radius 2 is 2.19 bits per heavy atom. The third-order valence-corrected chi connectivity index (χ3v) is 2.81. The molecule has 0 amide bonds. The summed E-state index contributed by atoms with van der Waals surface area (Å²) in [5, 5.41) is 0. The lowest BCUT2D eigenvalue weighted by Crippen LogP contribution is -2.31. The van der Waals surface area contributed by atoms with Crippen LogP contribution >= 0.6 is 15.9 Å². The number of nitrogens with two attached hydrogens (primary N) is 1. The monoisotopic (exact) mass is 289 g/mol. The van der Waals surface area contributed by atoms with Gasteiger partial charge in [-0.05, 0) is 18.6 Å². The van der Waals surface area contributed by atoms with Crippen LogP contribution in [0, 0.1) is 0 Å². The van der Waals surface area contributed by atoms with Gasteiger partial charge in [0.25, 0.3) is 0 Å². The first-order valence-electron chi connectivity index (χ1n) is 4.88. The number of carbonyl (C=O) groups excluding carboxylic acids is 1. The van der Waals surface area contributed by atoms with Crippen LogP contribution in [0.25, 0.3) is 0 Å². The van der Waals surface area contributed by atoms with E-state index in [4.69, 9.17) is 5.73 Å². The summed E-state index contributed by atoms with van der Waals surface area (Å²) in [5.74, 6) is -0.925. The summed E-state index contributed by atoms with van der Waals surface area (Å²) in [6, 6.07) is 5.92. The van der Waals surface area contributed by atoms with Crippen LogP contribution in [0.3, 0.4) is 0 Å². The van der Waals surface area contributed by atoms with Crippen LogP contribution in [0.4, 0.5) is 4.39 Å². The molecular formula is C11H13BrFNO2. The lowest BCUT2D eigenvalue weighted by atomic mass is 10.0. The molecule has 1 rings (SSSR count). The molecule has 0 radical (unpaired) electrons. The van der Waals surface area contributed by atoms with E-state index < -0.39 is 18.2 Å². The van der Waals surface area contributed by atoms with Crippen molar-refractivity contribution in [1.29, 1.82) is 0 Å². The van der Waals surface area contributed by atoms with Gasteiger partial charge >= 0.3 is 5.97 Å². The third kappa shape index (κ3) is 3.02. The first-order valence-corrected chi connectivity index (χ1v) is 5.68. The first kappa shape index (κ1) is 13.1. The van der Waals surface area contributed by atoms with Crippen LogP contribution in [0.15, 0.2) is 28.7 Å². The smallest absolute Gasteiger partial charge is 0.342 e. The predicted octanol–water partition coefficient (Wildman–Crippen LogP) is 2.35. The van der Waals surface area contributed by atoms with E-state index in [1.165, 1.54) is 0 Å². The Morgan fingerprint density at radius 3 is 2.75 bits per heavy atom. The molecule has 0 heterocycles. The van der Waals surface area contributed by atoms with Gasteiger partial charge in [0, 0.05) is 4.47 Å². The van der Waals surface area contributed by atoms with Gasteiger partial charge in [0.05, 0.1) is 12.6 Å². The molecule has 5 heteroatoms. The Morgan fingerprint density at radius 1 is 1.56 bits per heavy atom. The Hall–Kier alpha value is -0.940. The predicted molar refractivity (Wildman–Crippen MR) is 62.6 cm³/mol. The quantitative estimate of drug-likeness (QED) is 0.866. The fourth-order valence-corrected chi connectivity index (χ4v) is 1.82. The molecule has 0 aliphatic carbocycles. The van der Waals surface area contributed by atoms with Gasteiger partial charge in [-0.15, -0.1) is 0 Å². The molecule has 0 saturated carbocycles. The van der Waals surface area contributed by atoms with Crippen LogP contribution in [0.5, 0.6) is 0 Å². The van der Waals surface area contributed by atoms with Crippen LogP contribution in [-0.4, -0.2) is 18.7 Å². The molecule has 1 aromatic carbocycles. The van der Waals surface area contributed by atoms with Gasteiger partial charge in [-0.2, -0.15) is 0 Å². The highest BCUT2D eigenvalue weighted by Crippen LogP contribution is 2.25. The van der Waals surface area contributed by atoms with E-state index in [2.05, 4.69) is 20.7 Å². The lowest BCUT2D eigenvalue weighted by Gasteiger charge is -2.16. The second kappa shape index (κ2) is 5.96. The highest BCUT2D eigenvalue weighted by molar-refractivity contribution is 9.10. The fourth-order valence-electron chi connectivity index (χ4n) is 1.27. The highest BCUT2D eigenvalue weighted by Gasteiger charge is 2.28. The molecular weight excluding hydrogens is 277 g/mol. The van der Waals surface area contributed by atoms with Crippen LogP contribution < -0.4 is 5.73 Å². The average Bonchev–Trinajstić information content (AvgIpc) is 2.28. The summed E-state index contributed by atoms with van der Waals surface area (Å²) in [5.41, 5.74) is 6.21. The minimum absolute atomic E-state index is 0.141. The zero-order valence-corrected chi connectivity index (χ0v) is 10.4. The Bertz CT molecular complexity index is 373. The van der Waals surface area contributed by atoms with E-state index in [1.54, 1.807) is 31.2 Å². The van der Waals surface area contributed by atoms with Gasteiger partial charge in [-0.1, -0.05) is 34.1 Å². The van der Waals surface area contributed by atoms with Crippen molar-refractivity contribution in [3.63, 3.8) is 0 Å². The molecule has 0 spiro atoms. The molecule has 2 atom stereocenters. The number of ether oxygens (including phenoxy) is 1. The number of benzene rings is 1. The van der Waals surface area contributed by atoms with Crippen molar-refractivity contribution in [1.82, 2.24) is 0 Å². The molecule has 0 aromatic heterocycles. The van der Waals surface area contributed by atoms with Crippen molar-refractivity contribution in [3.8, 4) is 0 Å². The van der Waals surface area contributed by atoms with Crippen molar-refractivity contribution in [3.05, 3.63) is 34.3 Å². The zero-order valence-electron chi connectivity index (χ0n) is 8.82. The first-order chi connectivity index (χ1) is 7.57. The molecule has 0 fully saturated rings. The SMILES string of the molecule is CCOC(=O)C(F)[C@H](N)c1ccccc1Br. The molecule has 2 N–H and O–H groups in total.